The standard InChI is InChI=1S/C21H18F3NO7S2/c1-30-19(26)17-11-32-12-25(18(17)20(27)31-2)13-3-7-15(8-4-13)34(28,29)16-9-5-14(6-10-16)33-21(22,23)24/h3-10H,11-12H2,1-2H3. The van der Waals surface area contributed by atoms with Crippen LogP contribution in [0, 0.1) is 0 Å². The van der Waals surface area contributed by atoms with Crippen molar-refractivity contribution >= 4 is 39.2 Å². The van der Waals surface area contributed by atoms with Gasteiger partial charge in [0, 0.05) is 10.6 Å². The Morgan fingerprint density at radius 1 is 0.941 bits per heavy atom. The molecule has 0 saturated heterocycles. The van der Waals surface area contributed by atoms with Crippen molar-refractivity contribution in [3.05, 3.63) is 59.8 Å². The molecule has 1 aliphatic heterocycles. The van der Waals surface area contributed by atoms with E-state index >= 15 is 0 Å². The number of sulfone groups is 1. The van der Waals surface area contributed by atoms with Crippen LogP contribution in [0.2, 0.25) is 0 Å². The van der Waals surface area contributed by atoms with Gasteiger partial charge in [-0.3, -0.25) is 0 Å². The van der Waals surface area contributed by atoms with Gasteiger partial charge >= 0.3 is 17.4 Å². The summed E-state index contributed by atoms with van der Waals surface area (Å²) in [5.41, 5.74) is -4.32. The molecular formula is C21H18F3NO7S2. The number of rotatable bonds is 6. The van der Waals surface area contributed by atoms with Crippen LogP contribution in [-0.4, -0.2) is 53.4 Å². The van der Waals surface area contributed by atoms with Gasteiger partial charge in [0.15, 0.2) is 0 Å². The number of nitrogens with zero attached hydrogens (tertiary/aromatic N) is 1. The maximum atomic E-state index is 12.9. The first-order valence-corrected chi connectivity index (χ1v) is 11.7. The predicted octanol–water partition coefficient (Wildman–Crippen LogP) is 3.53. The van der Waals surface area contributed by atoms with Crippen LogP contribution in [0.15, 0.2) is 74.5 Å². The van der Waals surface area contributed by atoms with Crippen LogP contribution in [0.3, 0.4) is 0 Å². The van der Waals surface area contributed by atoms with E-state index in [0.29, 0.717) is 5.69 Å². The van der Waals surface area contributed by atoms with E-state index in [1.165, 1.54) is 29.2 Å². The quantitative estimate of drug-likeness (QED) is 0.421. The van der Waals surface area contributed by atoms with Crippen molar-refractivity contribution in [3.8, 4) is 0 Å². The highest BCUT2D eigenvalue weighted by atomic mass is 32.2. The van der Waals surface area contributed by atoms with Crippen molar-refractivity contribution < 1.29 is 45.4 Å². The number of benzene rings is 2. The zero-order valence-corrected chi connectivity index (χ0v) is 19.4. The molecule has 0 amide bonds. The van der Waals surface area contributed by atoms with Gasteiger partial charge in [0.05, 0.1) is 36.2 Å². The van der Waals surface area contributed by atoms with Gasteiger partial charge in [-0.05, 0) is 60.3 Å². The molecule has 0 radical (unpaired) electrons. The molecule has 0 bridgehead atoms. The SMILES string of the molecule is COC(=O)C1=C(C(=O)OC)N(c2ccc(S(=O)(=O)c3ccc(SC(F)(F)F)cc3)cc2)COC1. The normalized spacial score (nSPS) is 14.7. The number of esters is 2. The molecule has 0 aliphatic carbocycles. The van der Waals surface area contributed by atoms with E-state index < -0.39 is 27.3 Å². The molecule has 2 aromatic carbocycles. The summed E-state index contributed by atoms with van der Waals surface area (Å²) < 4.78 is 78.1. The van der Waals surface area contributed by atoms with E-state index in [-0.39, 0.29) is 51.1 Å². The minimum atomic E-state index is -4.49. The molecular weight excluding hydrogens is 499 g/mol. The molecule has 0 unspecified atom stereocenters. The Morgan fingerprint density at radius 3 is 1.97 bits per heavy atom. The molecule has 182 valence electrons. The number of hydrogen-bond donors (Lipinski definition) is 0. The van der Waals surface area contributed by atoms with Crippen LogP contribution in [0.25, 0.3) is 0 Å². The minimum absolute atomic E-state index is 0.0610. The van der Waals surface area contributed by atoms with Crippen LogP contribution in [0.4, 0.5) is 18.9 Å². The van der Waals surface area contributed by atoms with E-state index in [0.717, 1.165) is 38.5 Å². The maximum Gasteiger partial charge on any atom is 0.446 e. The lowest BCUT2D eigenvalue weighted by Crippen LogP contribution is -2.38. The van der Waals surface area contributed by atoms with Crippen LogP contribution >= 0.6 is 11.8 Å². The molecule has 1 aliphatic rings. The number of carbonyl (C=O) groups excluding carboxylic acids is 2. The van der Waals surface area contributed by atoms with E-state index in [2.05, 4.69) is 0 Å². The van der Waals surface area contributed by atoms with Gasteiger partial charge in [0.2, 0.25) is 9.84 Å². The number of halogens is 3. The lowest BCUT2D eigenvalue weighted by Gasteiger charge is -2.31. The second kappa shape index (κ2) is 10.1. The largest absolute Gasteiger partial charge is 0.466 e. The molecule has 1 heterocycles. The first kappa shape index (κ1) is 25.6. The second-order valence-electron chi connectivity index (χ2n) is 6.73. The predicted molar refractivity (Wildman–Crippen MR) is 115 cm³/mol. The summed E-state index contributed by atoms with van der Waals surface area (Å²) in [6.07, 6.45) is 0. The third-order valence-corrected chi connectivity index (χ3v) is 7.18. The van der Waals surface area contributed by atoms with Crippen molar-refractivity contribution in [1.29, 1.82) is 0 Å². The molecule has 34 heavy (non-hydrogen) atoms. The number of methoxy groups -OCH3 is 2. The first-order valence-electron chi connectivity index (χ1n) is 9.44. The Morgan fingerprint density at radius 2 is 1.47 bits per heavy atom. The summed E-state index contributed by atoms with van der Waals surface area (Å²) in [6, 6.07) is 9.67. The number of carbonyl (C=O) groups is 2. The fourth-order valence-corrected chi connectivity index (χ4v) is 4.91. The minimum Gasteiger partial charge on any atom is -0.466 e. The molecule has 0 spiro atoms. The topological polar surface area (TPSA) is 99.2 Å². The lowest BCUT2D eigenvalue weighted by molar-refractivity contribution is -0.140. The van der Waals surface area contributed by atoms with Gasteiger partial charge < -0.3 is 19.1 Å². The number of ether oxygens (including phenoxy) is 3. The molecule has 0 fully saturated rings. The van der Waals surface area contributed by atoms with Crippen LogP contribution in [0.1, 0.15) is 0 Å². The zero-order chi connectivity index (χ0) is 25.1. The van der Waals surface area contributed by atoms with Crippen LogP contribution in [0.5, 0.6) is 0 Å². The highest BCUT2D eigenvalue weighted by Crippen LogP contribution is 2.37. The monoisotopic (exact) mass is 517 g/mol. The van der Waals surface area contributed by atoms with Crippen molar-refractivity contribution in [3.63, 3.8) is 0 Å². The molecule has 8 nitrogen and oxygen atoms in total. The van der Waals surface area contributed by atoms with Gasteiger partial charge in [-0.25, -0.2) is 18.0 Å². The Kier molecular flexibility index (Phi) is 7.58. The summed E-state index contributed by atoms with van der Waals surface area (Å²) in [7, 11) is -1.73. The molecule has 0 saturated carbocycles. The van der Waals surface area contributed by atoms with Gasteiger partial charge in [0.25, 0.3) is 0 Å². The summed E-state index contributed by atoms with van der Waals surface area (Å²) in [4.78, 5) is 25.3. The van der Waals surface area contributed by atoms with E-state index in [9.17, 15) is 31.2 Å². The van der Waals surface area contributed by atoms with Gasteiger partial charge in [-0.1, -0.05) is 0 Å². The van der Waals surface area contributed by atoms with Crippen LogP contribution in [-0.2, 0) is 33.6 Å². The average Bonchev–Trinajstić information content (AvgIpc) is 2.82. The summed E-state index contributed by atoms with van der Waals surface area (Å²) in [5, 5.41) is 0. The number of thioether (sulfide) groups is 1. The second-order valence-corrected chi connectivity index (χ2v) is 9.82. The smallest absolute Gasteiger partial charge is 0.446 e. The number of alkyl halides is 3. The molecule has 0 aromatic heterocycles. The number of anilines is 1. The summed E-state index contributed by atoms with van der Waals surface area (Å²) in [6.45, 7) is -0.294. The zero-order valence-electron chi connectivity index (χ0n) is 17.8. The number of hydrogen-bond acceptors (Lipinski definition) is 9. The fraction of sp³-hybridized carbons (Fsp3) is 0.238. The Labute approximate surface area is 197 Å². The fourth-order valence-electron chi connectivity index (χ4n) is 3.11. The first-order chi connectivity index (χ1) is 16.0. The van der Waals surface area contributed by atoms with Gasteiger partial charge in [-0.15, -0.1) is 0 Å². The molecule has 2 aromatic rings. The Bertz CT molecular complexity index is 1210. The third kappa shape index (κ3) is 5.54. The lowest BCUT2D eigenvalue weighted by atomic mass is 10.1. The molecule has 0 N–H and O–H groups in total. The highest BCUT2D eigenvalue weighted by Gasteiger charge is 2.33. The van der Waals surface area contributed by atoms with Crippen molar-refractivity contribution in [2.75, 3.05) is 32.5 Å². The van der Waals surface area contributed by atoms with E-state index in [1.807, 2.05) is 0 Å². The highest BCUT2D eigenvalue weighted by molar-refractivity contribution is 8.00. The Hall–Kier alpha value is -3.03. The molecule has 3 rings (SSSR count). The van der Waals surface area contributed by atoms with Crippen molar-refractivity contribution in [2.24, 2.45) is 0 Å². The van der Waals surface area contributed by atoms with Crippen molar-refractivity contribution in [2.45, 2.75) is 20.2 Å². The average molecular weight is 518 g/mol. The van der Waals surface area contributed by atoms with Gasteiger partial charge in [-0.2, -0.15) is 13.2 Å². The van der Waals surface area contributed by atoms with E-state index in [4.69, 9.17) is 14.2 Å². The Balaban J connectivity index is 1.92. The third-order valence-electron chi connectivity index (χ3n) is 4.66. The van der Waals surface area contributed by atoms with Gasteiger partial charge in [0.1, 0.15) is 12.4 Å². The van der Waals surface area contributed by atoms with E-state index in [1.54, 1.807) is 0 Å². The van der Waals surface area contributed by atoms with Crippen molar-refractivity contribution in [1.82, 2.24) is 0 Å². The summed E-state index contributed by atoms with van der Waals surface area (Å²) >= 11 is -0.345. The summed E-state index contributed by atoms with van der Waals surface area (Å²) in [5.74, 6) is -1.59. The maximum absolute atomic E-state index is 12.9. The molecule has 0 atom stereocenters. The molecule has 13 heteroatoms. The van der Waals surface area contributed by atoms with Crippen LogP contribution < -0.4 is 4.90 Å².